The number of hydrogen-bond acceptors (Lipinski definition) is 4. The number of benzene rings is 4. The molecule has 0 aliphatic heterocycles. The fraction of sp³-hybridized carbons (Fsp3) is 0.143. The number of thioether (sulfide) groups is 1. The van der Waals surface area contributed by atoms with Gasteiger partial charge in [0.15, 0.2) is 0 Å². The lowest BCUT2D eigenvalue weighted by Gasteiger charge is -2.19. The van der Waals surface area contributed by atoms with E-state index in [0.29, 0.717) is 0 Å². The first-order valence-electron chi connectivity index (χ1n) is 10.5. The van der Waals surface area contributed by atoms with Crippen molar-refractivity contribution in [2.75, 3.05) is 20.0 Å². The molecule has 32 heavy (non-hydrogen) atoms. The van der Waals surface area contributed by atoms with E-state index >= 15 is 0 Å². The number of hydrogen-bond donors (Lipinski definition) is 1. The van der Waals surface area contributed by atoms with Crippen molar-refractivity contribution in [1.82, 2.24) is 0 Å². The summed E-state index contributed by atoms with van der Waals surface area (Å²) in [6.45, 7) is 2.11. The molecule has 0 amide bonds. The molecule has 4 rings (SSSR count). The minimum absolute atomic E-state index is 0.145. The van der Waals surface area contributed by atoms with Gasteiger partial charge < -0.3 is 15.2 Å². The van der Waals surface area contributed by atoms with Gasteiger partial charge in [-0.2, -0.15) is 0 Å². The minimum atomic E-state index is 0.145. The molecule has 162 valence electrons. The van der Waals surface area contributed by atoms with Gasteiger partial charge in [0, 0.05) is 10.6 Å². The molecule has 3 nitrogen and oxygen atoms in total. The average Bonchev–Trinajstić information content (AvgIpc) is 2.85. The van der Waals surface area contributed by atoms with Gasteiger partial charge in [0.25, 0.3) is 0 Å². The molecule has 0 radical (unpaired) electrons. The van der Waals surface area contributed by atoms with Crippen LogP contribution in [0.3, 0.4) is 0 Å². The Bertz CT molecular complexity index is 1120. The van der Waals surface area contributed by atoms with Crippen LogP contribution in [-0.2, 0) is 0 Å². The van der Waals surface area contributed by atoms with E-state index in [2.05, 4.69) is 61.5 Å². The number of aryl methyl sites for hydroxylation is 1. The highest BCUT2D eigenvalue weighted by atomic mass is 32.2. The Labute approximate surface area is 194 Å². The molecule has 4 aromatic rings. The molecule has 0 spiro atoms. The predicted octanol–water partition coefficient (Wildman–Crippen LogP) is 7.14. The van der Waals surface area contributed by atoms with Crippen LogP contribution in [0.5, 0.6) is 11.5 Å². The maximum Gasteiger partial charge on any atom is 0.118 e. The maximum atomic E-state index is 6.01. The van der Waals surface area contributed by atoms with Gasteiger partial charge in [0.1, 0.15) is 11.5 Å². The number of methoxy groups -OCH3 is 2. The first kappa shape index (κ1) is 21.8. The van der Waals surface area contributed by atoms with Crippen LogP contribution >= 0.6 is 11.8 Å². The normalized spacial score (nSPS) is 10.9. The number of anilines is 1. The summed E-state index contributed by atoms with van der Waals surface area (Å²) in [6.07, 6.45) is 0. The molecule has 0 aliphatic rings. The van der Waals surface area contributed by atoms with Crippen LogP contribution in [0.25, 0.3) is 11.1 Å². The summed E-state index contributed by atoms with van der Waals surface area (Å²) in [5.74, 6) is 1.71. The van der Waals surface area contributed by atoms with Gasteiger partial charge in [-0.3, -0.25) is 0 Å². The SMILES string of the molecule is COc1ccc(C(Sc2ccc(-c3cc(N)ccc3C)cc2)c2ccc(OC)cc2)cc1. The van der Waals surface area contributed by atoms with Crippen LogP contribution in [0.15, 0.2) is 95.9 Å². The molecule has 2 N–H and O–H groups in total. The summed E-state index contributed by atoms with van der Waals surface area (Å²) >= 11 is 1.83. The van der Waals surface area contributed by atoms with Gasteiger partial charge in [0.05, 0.1) is 19.5 Å². The van der Waals surface area contributed by atoms with E-state index in [-0.39, 0.29) is 5.25 Å². The number of rotatable bonds is 7. The molecule has 0 aromatic heterocycles. The molecular formula is C28H27NO2S. The Morgan fingerprint density at radius 1 is 0.688 bits per heavy atom. The molecule has 0 aliphatic carbocycles. The number of nitrogen functional groups attached to an aromatic ring is 1. The largest absolute Gasteiger partial charge is 0.497 e. The molecule has 0 unspecified atom stereocenters. The zero-order chi connectivity index (χ0) is 22.5. The predicted molar refractivity (Wildman–Crippen MR) is 135 cm³/mol. The Kier molecular flexibility index (Phi) is 6.72. The molecule has 0 saturated heterocycles. The highest BCUT2D eigenvalue weighted by Crippen LogP contribution is 2.42. The van der Waals surface area contributed by atoms with Crippen molar-refractivity contribution in [2.45, 2.75) is 17.1 Å². The average molecular weight is 442 g/mol. The fourth-order valence-electron chi connectivity index (χ4n) is 3.69. The Hall–Kier alpha value is -3.37. The van der Waals surface area contributed by atoms with Gasteiger partial charge in [-0.05, 0) is 83.3 Å². The Balaban J connectivity index is 1.64. The zero-order valence-electron chi connectivity index (χ0n) is 18.5. The minimum Gasteiger partial charge on any atom is -0.497 e. The molecule has 0 heterocycles. The second-order valence-corrected chi connectivity index (χ2v) is 8.82. The molecule has 0 saturated carbocycles. The van der Waals surface area contributed by atoms with Crippen LogP contribution in [0.4, 0.5) is 5.69 Å². The Morgan fingerprint density at radius 3 is 1.72 bits per heavy atom. The van der Waals surface area contributed by atoms with E-state index in [1.165, 1.54) is 32.7 Å². The van der Waals surface area contributed by atoms with Gasteiger partial charge >= 0.3 is 0 Å². The quantitative estimate of drug-likeness (QED) is 0.244. The molecular weight excluding hydrogens is 414 g/mol. The third-order valence-corrected chi connectivity index (χ3v) is 6.84. The van der Waals surface area contributed by atoms with Crippen molar-refractivity contribution in [3.63, 3.8) is 0 Å². The van der Waals surface area contributed by atoms with Crippen molar-refractivity contribution in [3.8, 4) is 22.6 Å². The van der Waals surface area contributed by atoms with Gasteiger partial charge in [-0.15, -0.1) is 11.8 Å². The summed E-state index contributed by atoms with van der Waals surface area (Å²) in [7, 11) is 3.38. The van der Waals surface area contributed by atoms with E-state index in [9.17, 15) is 0 Å². The van der Waals surface area contributed by atoms with E-state index in [1.54, 1.807) is 14.2 Å². The summed E-state index contributed by atoms with van der Waals surface area (Å²) < 4.78 is 10.7. The fourth-order valence-corrected chi connectivity index (χ4v) is 4.84. The summed E-state index contributed by atoms with van der Waals surface area (Å²) in [4.78, 5) is 1.20. The van der Waals surface area contributed by atoms with Crippen molar-refractivity contribution >= 4 is 17.4 Å². The molecule has 4 heteroatoms. The van der Waals surface area contributed by atoms with Crippen LogP contribution in [-0.4, -0.2) is 14.2 Å². The van der Waals surface area contributed by atoms with Crippen molar-refractivity contribution in [2.24, 2.45) is 0 Å². The first-order chi connectivity index (χ1) is 15.6. The second-order valence-electron chi connectivity index (χ2n) is 7.64. The van der Waals surface area contributed by atoms with Crippen LogP contribution in [0.2, 0.25) is 0 Å². The standard InChI is InChI=1S/C28H27NO2S/c1-19-4-11-23(29)18-27(19)20-9-16-26(17-10-20)32-28(21-5-12-24(30-2)13-6-21)22-7-14-25(31-3)15-8-22/h4-18,28H,29H2,1-3H3. The first-order valence-corrected chi connectivity index (χ1v) is 11.4. The highest BCUT2D eigenvalue weighted by molar-refractivity contribution is 7.99. The molecule has 4 aromatic carbocycles. The van der Waals surface area contributed by atoms with Crippen LogP contribution in [0.1, 0.15) is 21.9 Å². The smallest absolute Gasteiger partial charge is 0.118 e. The van der Waals surface area contributed by atoms with Crippen molar-refractivity contribution in [3.05, 3.63) is 108 Å². The second kappa shape index (κ2) is 9.84. The topological polar surface area (TPSA) is 44.5 Å². The van der Waals surface area contributed by atoms with Gasteiger partial charge in [-0.25, -0.2) is 0 Å². The van der Waals surface area contributed by atoms with E-state index in [0.717, 1.165) is 17.2 Å². The number of ether oxygens (including phenoxy) is 2. The lowest BCUT2D eigenvalue weighted by Crippen LogP contribution is -1.98. The number of nitrogens with two attached hydrogens (primary N) is 1. The van der Waals surface area contributed by atoms with E-state index < -0.39 is 0 Å². The molecule has 0 bridgehead atoms. The monoisotopic (exact) mass is 441 g/mol. The van der Waals surface area contributed by atoms with Crippen molar-refractivity contribution in [1.29, 1.82) is 0 Å². The third kappa shape index (κ3) is 4.92. The maximum absolute atomic E-state index is 6.01. The van der Waals surface area contributed by atoms with Gasteiger partial charge in [0.2, 0.25) is 0 Å². The molecule has 0 fully saturated rings. The van der Waals surface area contributed by atoms with E-state index in [4.69, 9.17) is 15.2 Å². The summed E-state index contributed by atoms with van der Waals surface area (Å²) in [6, 6.07) is 31.3. The lowest BCUT2D eigenvalue weighted by molar-refractivity contribution is 0.414. The van der Waals surface area contributed by atoms with E-state index in [1.807, 2.05) is 48.2 Å². The zero-order valence-corrected chi connectivity index (χ0v) is 19.4. The van der Waals surface area contributed by atoms with Crippen molar-refractivity contribution < 1.29 is 9.47 Å². The highest BCUT2D eigenvalue weighted by Gasteiger charge is 2.17. The summed E-state index contributed by atoms with van der Waals surface area (Å²) in [5.41, 5.74) is 12.8. The van der Waals surface area contributed by atoms with Crippen LogP contribution < -0.4 is 15.2 Å². The van der Waals surface area contributed by atoms with Gasteiger partial charge in [-0.1, -0.05) is 42.5 Å². The lowest BCUT2D eigenvalue weighted by atomic mass is 10.0. The van der Waals surface area contributed by atoms with Crippen LogP contribution in [0, 0.1) is 6.92 Å². The molecule has 0 atom stereocenters. The Morgan fingerprint density at radius 2 is 1.22 bits per heavy atom. The summed E-state index contributed by atoms with van der Waals surface area (Å²) in [5, 5.41) is 0.145. The third-order valence-electron chi connectivity index (χ3n) is 5.52.